The molecule has 150 valence electrons. The molecule has 1 aliphatic carbocycles. The number of halogens is 1. The topological polar surface area (TPSA) is 66.6 Å². The van der Waals surface area contributed by atoms with Gasteiger partial charge in [-0.2, -0.15) is 0 Å². The van der Waals surface area contributed by atoms with Crippen LogP contribution in [0.2, 0.25) is 0 Å². The van der Waals surface area contributed by atoms with Crippen LogP contribution in [0, 0.1) is 12.8 Å². The Balaban J connectivity index is 0.00000261. The number of carbonyl (C=O) groups is 2. The van der Waals surface area contributed by atoms with Crippen molar-refractivity contribution in [3.8, 4) is 0 Å². The van der Waals surface area contributed by atoms with Crippen LogP contribution in [0.5, 0.6) is 0 Å². The first-order valence-corrected chi connectivity index (χ1v) is 9.98. The molecule has 27 heavy (non-hydrogen) atoms. The fraction of sp³-hybridized carbons (Fsp3) is 0.619. The SMILES string of the molecule is Cc1ccc(N)cc1C(=O)N1CCN(C(=O)CCC2CCCCC2)CC1.Cl. The van der Waals surface area contributed by atoms with E-state index in [1.54, 1.807) is 6.07 Å². The third-order valence-corrected chi connectivity index (χ3v) is 5.90. The molecule has 2 aliphatic rings. The maximum absolute atomic E-state index is 12.7. The lowest BCUT2D eigenvalue weighted by atomic mass is 9.86. The maximum Gasteiger partial charge on any atom is 0.254 e. The minimum absolute atomic E-state index is 0. The molecule has 1 saturated heterocycles. The van der Waals surface area contributed by atoms with E-state index in [1.807, 2.05) is 28.9 Å². The Labute approximate surface area is 168 Å². The van der Waals surface area contributed by atoms with Gasteiger partial charge < -0.3 is 15.5 Å². The van der Waals surface area contributed by atoms with E-state index in [0.717, 1.165) is 17.9 Å². The van der Waals surface area contributed by atoms with Gasteiger partial charge in [-0.15, -0.1) is 12.4 Å². The highest BCUT2D eigenvalue weighted by molar-refractivity contribution is 5.96. The highest BCUT2D eigenvalue weighted by Crippen LogP contribution is 2.27. The standard InChI is InChI=1S/C21H31N3O2.ClH/c1-16-7-9-18(22)15-19(16)21(26)24-13-11-23(12-14-24)20(25)10-8-17-5-3-2-4-6-17;/h7,9,15,17H,2-6,8,10-14,22H2,1H3;1H. The molecule has 2 amide bonds. The van der Waals surface area contributed by atoms with Crippen LogP contribution in [0.3, 0.4) is 0 Å². The molecular weight excluding hydrogens is 362 g/mol. The Morgan fingerprint density at radius 1 is 1.04 bits per heavy atom. The van der Waals surface area contributed by atoms with Crippen LogP contribution in [-0.4, -0.2) is 47.8 Å². The Morgan fingerprint density at radius 3 is 2.33 bits per heavy atom. The molecule has 6 heteroatoms. The van der Waals surface area contributed by atoms with Gasteiger partial charge in [-0.1, -0.05) is 38.2 Å². The highest BCUT2D eigenvalue weighted by atomic mass is 35.5. The van der Waals surface area contributed by atoms with Gasteiger partial charge in [0.15, 0.2) is 0 Å². The molecule has 1 aliphatic heterocycles. The zero-order chi connectivity index (χ0) is 18.5. The molecule has 1 aromatic carbocycles. The molecule has 0 radical (unpaired) electrons. The molecular formula is C21H32ClN3O2. The lowest BCUT2D eigenvalue weighted by Crippen LogP contribution is -2.50. The molecule has 0 bridgehead atoms. The molecule has 0 atom stereocenters. The minimum atomic E-state index is 0. The van der Waals surface area contributed by atoms with E-state index in [1.165, 1.54) is 32.1 Å². The van der Waals surface area contributed by atoms with Gasteiger partial charge in [-0.3, -0.25) is 9.59 Å². The fourth-order valence-corrected chi connectivity index (χ4v) is 4.16. The predicted octanol–water partition coefficient (Wildman–Crippen LogP) is 3.64. The van der Waals surface area contributed by atoms with Gasteiger partial charge in [0.05, 0.1) is 0 Å². The van der Waals surface area contributed by atoms with Crippen LogP contribution in [0.25, 0.3) is 0 Å². The lowest BCUT2D eigenvalue weighted by molar-refractivity contribution is -0.133. The van der Waals surface area contributed by atoms with Crippen LogP contribution in [0.15, 0.2) is 18.2 Å². The zero-order valence-electron chi connectivity index (χ0n) is 16.3. The van der Waals surface area contributed by atoms with Gasteiger partial charge >= 0.3 is 0 Å². The molecule has 5 nitrogen and oxygen atoms in total. The van der Waals surface area contributed by atoms with Crippen molar-refractivity contribution in [1.82, 2.24) is 9.80 Å². The van der Waals surface area contributed by atoms with E-state index < -0.39 is 0 Å². The summed E-state index contributed by atoms with van der Waals surface area (Å²) in [5.41, 5.74) is 8.04. The van der Waals surface area contributed by atoms with Crippen molar-refractivity contribution in [2.75, 3.05) is 31.9 Å². The Morgan fingerprint density at radius 2 is 1.67 bits per heavy atom. The molecule has 1 saturated carbocycles. The molecule has 2 fully saturated rings. The van der Waals surface area contributed by atoms with E-state index in [-0.39, 0.29) is 24.2 Å². The van der Waals surface area contributed by atoms with Gasteiger partial charge in [-0.05, 0) is 37.0 Å². The van der Waals surface area contributed by atoms with E-state index in [9.17, 15) is 9.59 Å². The average molecular weight is 394 g/mol. The van der Waals surface area contributed by atoms with Crippen molar-refractivity contribution in [2.24, 2.45) is 5.92 Å². The number of hydrogen-bond acceptors (Lipinski definition) is 3. The van der Waals surface area contributed by atoms with Crippen molar-refractivity contribution in [3.63, 3.8) is 0 Å². The number of piperazine rings is 1. The van der Waals surface area contributed by atoms with E-state index >= 15 is 0 Å². The molecule has 3 rings (SSSR count). The Bertz CT molecular complexity index is 651. The normalized spacial score (nSPS) is 18.1. The van der Waals surface area contributed by atoms with Gasteiger partial charge in [0.25, 0.3) is 5.91 Å². The van der Waals surface area contributed by atoms with Crippen LogP contribution < -0.4 is 5.73 Å². The van der Waals surface area contributed by atoms with E-state index in [4.69, 9.17) is 5.73 Å². The molecule has 1 heterocycles. The number of carbonyl (C=O) groups excluding carboxylic acids is 2. The summed E-state index contributed by atoms with van der Waals surface area (Å²) in [6.07, 6.45) is 8.26. The van der Waals surface area contributed by atoms with Crippen molar-refractivity contribution in [1.29, 1.82) is 0 Å². The summed E-state index contributed by atoms with van der Waals surface area (Å²) in [5.74, 6) is 1.01. The number of benzene rings is 1. The second-order valence-corrected chi connectivity index (χ2v) is 7.79. The largest absolute Gasteiger partial charge is 0.399 e. The number of rotatable bonds is 4. The number of nitrogens with zero attached hydrogens (tertiary/aromatic N) is 2. The number of nitrogen functional groups attached to an aromatic ring is 1. The number of nitrogens with two attached hydrogens (primary N) is 1. The lowest BCUT2D eigenvalue weighted by Gasteiger charge is -2.35. The highest BCUT2D eigenvalue weighted by Gasteiger charge is 2.26. The number of amides is 2. The number of anilines is 1. The maximum atomic E-state index is 12.7. The summed E-state index contributed by atoms with van der Waals surface area (Å²) in [4.78, 5) is 29.0. The first kappa shape index (κ1) is 21.5. The van der Waals surface area contributed by atoms with Gasteiger partial charge in [0, 0.05) is 43.9 Å². The second-order valence-electron chi connectivity index (χ2n) is 7.79. The summed E-state index contributed by atoms with van der Waals surface area (Å²) >= 11 is 0. The van der Waals surface area contributed by atoms with Gasteiger partial charge in [0.1, 0.15) is 0 Å². The van der Waals surface area contributed by atoms with Crippen LogP contribution in [0.1, 0.15) is 60.9 Å². The third-order valence-electron chi connectivity index (χ3n) is 5.90. The number of hydrogen-bond donors (Lipinski definition) is 1. The molecule has 2 N–H and O–H groups in total. The van der Waals surface area contributed by atoms with Crippen LogP contribution in [0.4, 0.5) is 5.69 Å². The van der Waals surface area contributed by atoms with Gasteiger partial charge in [-0.25, -0.2) is 0 Å². The molecule has 0 spiro atoms. The average Bonchev–Trinajstić information content (AvgIpc) is 2.68. The predicted molar refractivity (Wildman–Crippen MR) is 111 cm³/mol. The number of aryl methyl sites for hydroxylation is 1. The summed E-state index contributed by atoms with van der Waals surface area (Å²) in [6.45, 7) is 4.40. The van der Waals surface area contributed by atoms with Crippen LogP contribution >= 0.6 is 12.4 Å². The smallest absolute Gasteiger partial charge is 0.254 e. The third kappa shape index (κ3) is 5.61. The first-order chi connectivity index (χ1) is 12.5. The fourth-order valence-electron chi connectivity index (χ4n) is 4.16. The van der Waals surface area contributed by atoms with E-state index in [0.29, 0.717) is 43.9 Å². The Kier molecular flexibility index (Phi) is 7.96. The monoisotopic (exact) mass is 393 g/mol. The van der Waals surface area contributed by atoms with Crippen molar-refractivity contribution >= 4 is 29.9 Å². The summed E-state index contributed by atoms with van der Waals surface area (Å²) in [7, 11) is 0. The molecule has 0 unspecified atom stereocenters. The van der Waals surface area contributed by atoms with Crippen molar-refractivity contribution in [2.45, 2.75) is 51.9 Å². The van der Waals surface area contributed by atoms with Crippen molar-refractivity contribution < 1.29 is 9.59 Å². The summed E-state index contributed by atoms with van der Waals surface area (Å²) in [6, 6.07) is 5.45. The Hall–Kier alpha value is -1.75. The molecule has 0 aromatic heterocycles. The first-order valence-electron chi connectivity index (χ1n) is 9.98. The van der Waals surface area contributed by atoms with E-state index in [2.05, 4.69) is 0 Å². The summed E-state index contributed by atoms with van der Waals surface area (Å²) in [5, 5.41) is 0. The second kappa shape index (κ2) is 9.98. The quantitative estimate of drug-likeness (QED) is 0.794. The van der Waals surface area contributed by atoms with Gasteiger partial charge in [0.2, 0.25) is 5.91 Å². The minimum Gasteiger partial charge on any atom is -0.399 e. The van der Waals surface area contributed by atoms with Crippen molar-refractivity contribution in [3.05, 3.63) is 29.3 Å². The van der Waals surface area contributed by atoms with Crippen LogP contribution in [-0.2, 0) is 4.79 Å². The molecule has 1 aromatic rings. The summed E-state index contributed by atoms with van der Waals surface area (Å²) < 4.78 is 0. The zero-order valence-corrected chi connectivity index (χ0v) is 17.1.